The van der Waals surface area contributed by atoms with Gasteiger partial charge in [-0.15, -0.1) is 12.4 Å². The molecule has 3 aromatic heterocycles. The van der Waals surface area contributed by atoms with E-state index in [-0.39, 0.29) is 12.4 Å². The molecule has 0 aliphatic carbocycles. The molecular weight excluding hydrogens is 514 g/mol. The van der Waals surface area contributed by atoms with Gasteiger partial charge in [0.25, 0.3) is 0 Å². The van der Waals surface area contributed by atoms with Gasteiger partial charge in [0.15, 0.2) is 5.65 Å². The van der Waals surface area contributed by atoms with Crippen molar-refractivity contribution in [3.8, 4) is 17.2 Å². The Bertz CT molecular complexity index is 1640. The Labute approximate surface area is 232 Å². The molecule has 10 heteroatoms. The third kappa shape index (κ3) is 4.95. The van der Waals surface area contributed by atoms with Gasteiger partial charge in [-0.2, -0.15) is 5.10 Å². The summed E-state index contributed by atoms with van der Waals surface area (Å²) in [5.41, 5.74) is 3.58. The lowest BCUT2D eigenvalue weighted by molar-refractivity contribution is 0.354. The van der Waals surface area contributed by atoms with Gasteiger partial charge >= 0.3 is 0 Å². The number of rotatable bonds is 6. The zero-order valence-corrected chi connectivity index (χ0v) is 22.6. The molecule has 39 heavy (non-hydrogen) atoms. The molecule has 7 rings (SSSR count). The first kappa shape index (κ1) is 25.3. The minimum atomic E-state index is 0. The average Bonchev–Trinajstić information content (AvgIpc) is 3.54. The number of methoxy groups -OCH3 is 1. The number of pyridine rings is 1. The van der Waals surface area contributed by atoms with Gasteiger partial charge < -0.3 is 20.1 Å². The first-order valence-corrected chi connectivity index (χ1v) is 13.1. The minimum absolute atomic E-state index is 0. The third-order valence-electron chi connectivity index (χ3n) is 7.68. The molecule has 2 saturated heterocycles. The number of fused-ring (bicyclic) bond motifs is 4. The van der Waals surface area contributed by atoms with Gasteiger partial charge in [-0.1, -0.05) is 0 Å². The maximum atomic E-state index is 6.16. The molecule has 2 aliphatic heterocycles. The van der Waals surface area contributed by atoms with Crippen molar-refractivity contribution in [1.29, 1.82) is 0 Å². The summed E-state index contributed by atoms with van der Waals surface area (Å²) in [4.78, 5) is 14.3. The normalized spacial score (nSPS) is 20.1. The number of halogens is 1. The Hall–Kier alpha value is -3.95. The topological polar surface area (TPSA) is 98.5 Å². The maximum Gasteiger partial charge on any atom is 0.158 e. The number of hydrogen-bond acceptors (Lipinski definition) is 8. The van der Waals surface area contributed by atoms with Crippen LogP contribution in [0.2, 0.25) is 0 Å². The summed E-state index contributed by atoms with van der Waals surface area (Å²) >= 11 is 0. The van der Waals surface area contributed by atoms with Gasteiger partial charge in [0.2, 0.25) is 0 Å². The van der Waals surface area contributed by atoms with E-state index in [2.05, 4.69) is 26.8 Å². The standard InChI is InChI=1S/C29H29N7O2.ClH/c1-17-11-19(5-8-26(17)38-23-9-10-36-27(15-23)30-16-31-36)33-29-24-7-6-22(37-2)14-25(24)34-28(35-29)18-12-20-3-4-21(13-18)32-20;/h5-11,14-16,18,20-21,32H,3-4,12-13H2,1-2H3,(H,33,34,35);1H. The minimum Gasteiger partial charge on any atom is -0.497 e. The van der Waals surface area contributed by atoms with Crippen molar-refractivity contribution >= 4 is 40.5 Å². The summed E-state index contributed by atoms with van der Waals surface area (Å²) in [7, 11) is 1.68. The molecule has 2 aromatic carbocycles. The largest absolute Gasteiger partial charge is 0.497 e. The number of piperidine rings is 1. The van der Waals surface area contributed by atoms with Gasteiger partial charge in [0, 0.05) is 47.4 Å². The predicted molar refractivity (Wildman–Crippen MR) is 153 cm³/mol. The van der Waals surface area contributed by atoms with Crippen molar-refractivity contribution in [3.63, 3.8) is 0 Å². The van der Waals surface area contributed by atoms with Crippen LogP contribution >= 0.6 is 12.4 Å². The van der Waals surface area contributed by atoms with Crippen LogP contribution in [0.25, 0.3) is 16.6 Å². The number of ether oxygens (including phenoxy) is 2. The lowest BCUT2D eigenvalue weighted by Crippen LogP contribution is -2.37. The van der Waals surface area contributed by atoms with Crippen LogP contribution in [0.15, 0.2) is 61.1 Å². The van der Waals surface area contributed by atoms with Crippen LogP contribution in [0.5, 0.6) is 17.2 Å². The average molecular weight is 544 g/mol. The van der Waals surface area contributed by atoms with Gasteiger partial charge in [-0.3, -0.25) is 0 Å². The highest BCUT2D eigenvalue weighted by Gasteiger charge is 2.35. The second kappa shape index (κ2) is 10.3. The molecule has 9 nitrogen and oxygen atoms in total. The van der Waals surface area contributed by atoms with Crippen molar-refractivity contribution in [2.24, 2.45) is 0 Å². The van der Waals surface area contributed by atoms with E-state index in [4.69, 9.17) is 19.4 Å². The molecule has 200 valence electrons. The Morgan fingerprint density at radius 3 is 2.62 bits per heavy atom. The zero-order chi connectivity index (χ0) is 25.6. The monoisotopic (exact) mass is 543 g/mol. The summed E-state index contributed by atoms with van der Waals surface area (Å²) < 4.78 is 13.4. The van der Waals surface area contributed by atoms with E-state index < -0.39 is 0 Å². The number of aromatic nitrogens is 5. The Morgan fingerprint density at radius 1 is 0.974 bits per heavy atom. The van der Waals surface area contributed by atoms with Crippen molar-refractivity contribution < 1.29 is 9.47 Å². The molecule has 2 bridgehead atoms. The molecule has 2 N–H and O–H groups in total. The molecule has 0 spiro atoms. The van der Waals surface area contributed by atoms with Crippen molar-refractivity contribution in [2.75, 3.05) is 12.4 Å². The second-order valence-electron chi connectivity index (χ2n) is 10.3. The van der Waals surface area contributed by atoms with Crippen LogP contribution in [0.4, 0.5) is 11.5 Å². The fraction of sp³-hybridized carbons (Fsp3) is 0.310. The van der Waals surface area contributed by atoms with Crippen LogP contribution in [-0.2, 0) is 0 Å². The fourth-order valence-corrected chi connectivity index (χ4v) is 5.77. The Morgan fingerprint density at radius 2 is 1.82 bits per heavy atom. The van der Waals surface area contributed by atoms with Crippen molar-refractivity contribution in [3.05, 3.63) is 72.4 Å². The van der Waals surface area contributed by atoms with E-state index in [1.807, 2.05) is 55.6 Å². The van der Waals surface area contributed by atoms with Crippen LogP contribution in [0.1, 0.15) is 43.0 Å². The van der Waals surface area contributed by atoms with E-state index >= 15 is 0 Å². The highest BCUT2D eigenvalue weighted by molar-refractivity contribution is 5.91. The quantitative estimate of drug-likeness (QED) is 0.271. The van der Waals surface area contributed by atoms with Gasteiger partial charge in [0.05, 0.1) is 12.6 Å². The number of nitrogens with one attached hydrogen (secondary N) is 2. The summed E-state index contributed by atoms with van der Waals surface area (Å²) in [6.07, 6.45) is 8.01. The van der Waals surface area contributed by atoms with Gasteiger partial charge in [0.1, 0.15) is 35.2 Å². The number of nitrogens with zero attached hydrogens (tertiary/aromatic N) is 5. The smallest absolute Gasteiger partial charge is 0.158 e. The third-order valence-corrected chi connectivity index (χ3v) is 7.68. The SMILES string of the molecule is COc1ccc2c(Nc3ccc(Oc4ccn5ncnc5c4)c(C)c3)nc(C3CC4CCC(C3)N4)nc2c1.Cl. The molecule has 2 aliphatic rings. The summed E-state index contributed by atoms with van der Waals surface area (Å²) in [5.74, 6) is 4.36. The van der Waals surface area contributed by atoms with Crippen LogP contribution in [-0.4, -0.2) is 43.8 Å². The van der Waals surface area contributed by atoms with E-state index in [1.165, 1.54) is 19.2 Å². The van der Waals surface area contributed by atoms with E-state index in [0.29, 0.717) is 23.8 Å². The molecule has 0 saturated carbocycles. The number of benzene rings is 2. The van der Waals surface area contributed by atoms with Gasteiger partial charge in [-0.05, 0) is 74.6 Å². The van der Waals surface area contributed by atoms with Crippen LogP contribution in [0, 0.1) is 6.92 Å². The molecule has 2 atom stereocenters. The number of hydrogen-bond donors (Lipinski definition) is 2. The predicted octanol–water partition coefficient (Wildman–Crippen LogP) is 5.95. The Balaban J connectivity index is 0.00000277. The molecule has 2 unspecified atom stereocenters. The molecule has 5 aromatic rings. The van der Waals surface area contributed by atoms with E-state index in [9.17, 15) is 0 Å². The van der Waals surface area contributed by atoms with Crippen LogP contribution < -0.4 is 20.1 Å². The lowest BCUT2D eigenvalue weighted by atomic mass is 9.91. The zero-order valence-electron chi connectivity index (χ0n) is 21.8. The second-order valence-corrected chi connectivity index (χ2v) is 10.3. The first-order chi connectivity index (χ1) is 18.6. The number of anilines is 2. The first-order valence-electron chi connectivity index (χ1n) is 13.1. The maximum absolute atomic E-state index is 6.16. The Kier molecular flexibility index (Phi) is 6.70. The summed E-state index contributed by atoms with van der Waals surface area (Å²) in [5, 5.41) is 12.4. The molecular formula is C29H30ClN7O2. The summed E-state index contributed by atoms with van der Waals surface area (Å²) in [6, 6.07) is 16.9. The molecule has 5 heterocycles. The van der Waals surface area contributed by atoms with Gasteiger partial charge in [-0.25, -0.2) is 19.5 Å². The molecule has 2 fully saturated rings. The highest BCUT2D eigenvalue weighted by Crippen LogP contribution is 2.38. The van der Waals surface area contributed by atoms with Crippen molar-refractivity contribution in [2.45, 2.75) is 50.6 Å². The van der Waals surface area contributed by atoms with E-state index in [0.717, 1.165) is 63.8 Å². The summed E-state index contributed by atoms with van der Waals surface area (Å²) in [6.45, 7) is 2.04. The fourth-order valence-electron chi connectivity index (χ4n) is 5.77. The van der Waals surface area contributed by atoms with E-state index in [1.54, 1.807) is 11.6 Å². The molecule has 0 amide bonds. The highest BCUT2D eigenvalue weighted by atomic mass is 35.5. The van der Waals surface area contributed by atoms with Crippen molar-refractivity contribution in [1.82, 2.24) is 29.9 Å². The lowest BCUT2D eigenvalue weighted by Gasteiger charge is -2.28. The van der Waals surface area contributed by atoms with Crippen LogP contribution in [0.3, 0.4) is 0 Å². The number of aryl methyl sites for hydroxylation is 1. The molecule has 0 radical (unpaired) electrons.